The molecule has 2 nitrogen and oxygen atoms in total. The van der Waals surface area contributed by atoms with Crippen molar-refractivity contribution >= 4 is 0 Å². The molecule has 1 unspecified atom stereocenters. The molecule has 0 saturated heterocycles. The number of hydrazine groups is 1. The van der Waals surface area contributed by atoms with E-state index in [4.69, 9.17) is 0 Å². The predicted octanol–water partition coefficient (Wildman–Crippen LogP) is 2.34. The van der Waals surface area contributed by atoms with Gasteiger partial charge in [-0.05, 0) is 25.3 Å². The fourth-order valence-electron chi connectivity index (χ4n) is 1.45. The average Bonchev–Trinajstić information content (AvgIpc) is 2.98. The molecular formula is C12H17FN2. The first-order valence-electron chi connectivity index (χ1n) is 5.39. The first-order chi connectivity index (χ1) is 7.20. The van der Waals surface area contributed by atoms with Gasteiger partial charge >= 0.3 is 0 Å². The lowest BCUT2D eigenvalue weighted by Crippen LogP contribution is -2.42. The van der Waals surface area contributed by atoms with Crippen LogP contribution in [0.1, 0.15) is 31.5 Å². The second kappa shape index (κ2) is 4.29. The van der Waals surface area contributed by atoms with E-state index in [1.165, 1.54) is 12.8 Å². The van der Waals surface area contributed by atoms with Crippen LogP contribution in [0.15, 0.2) is 30.3 Å². The largest absolute Gasteiger partial charge is 0.254 e. The van der Waals surface area contributed by atoms with Crippen LogP contribution in [-0.4, -0.2) is 12.1 Å². The molecule has 1 aromatic rings. The van der Waals surface area contributed by atoms with Crippen LogP contribution < -0.4 is 10.9 Å². The summed E-state index contributed by atoms with van der Waals surface area (Å²) in [5.74, 6) is 0. The fourth-order valence-corrected chi connectivity index (χ4v) is 1.45. The zero-order valence-electron chi connectivity index (χ0n) is 8.96. The van der Waals surface area contributed by atoms with Crippen LogP contribution in [0.2, 0.25) is 0 Å². The van der Waals surface area contributed by atoms with Crippen molar-refractivity contribution in [1.29, 1.82) is 0 Å². The van der Waals surface area contributed by atoms with Gasteiger partial charge in [0.1, 0.15) is 6.17 Å². The van der Waals surface area contributed by atoms with E-state index >= 15 is 0 Å². The van der Waals surface area contributed by atoms with Crippen molar-refractivity contribution in [1.82, 2.24) is 10.9 Å². The van der Waals surface area contributed by atoms with Crippen LogP contribution >= 0.6 is 0 Å². The molecule has 2 N–H and O–H groups in total. The van der Waals surface area contributed by atoms with Gasteiger partial charge in [-0.3, -0.25) is 10.9 Å². The van der Waals surface area contributed by atoms with E-state index in [0.717, 1.165) is 5.56 Å². The summed E-state index contributed by atoms with van der Waals surface area (Å²) >= 11 is 0. The Kier molecular flexibility index (Phi) is 3.03. The second-order valence-electron chi connectivity index (χ2n) is 4.44. The van der Waals surface area contributed by atoms with Crippen LogP contribution in [0.4, 0.5) is 4.39 Å². The highest BCUT2D eigenvalue weighted by Crippen LogP contribution is 2.33. The van der Waals surface area contributed by atoms with Crippen molar-refractivity contribution < 1.29 is 4.39 Å². The lowest BCUT2D eigenvalue weighted by molar-refractivity contribution is 0.298. The maximum absolute atomic E-state index is 13.6. The van der Waals surface area contributed by atoms with Gasteiger partial charge in [0.2, 0.25) is 0 Å². The number of rotatable bonds is 5. The molecule has 1 aromatic carbocycles. The summed E-state index contributed by atoms with van der Waals surface area (Å²) in [4.78, 5) is 0. The Labute approximate surface area is 89.9 Å². The molecular weight excluding hydrogens is 191 g/mol. The van der Waals surface area contributed by atoms with Crippen molar-refractivity contribution in [2.45, 2.75) is 31.5 Å². The van der Waals surface area contributed by atoms with Crippen LogP contribution in [0, 0.1) is 0 Å². The number of nitrogens with one attached hydrogen (secondary N) is 2. The van der Waals surface area contributed by atoms with E-state index < -0.39 is 6.17 Å². The third-order valence-corrected chi connectivity index (χ3v) is 2.83. The first kappa shape index (κ1) is 10.6. The minimum atomic E-state index is -0.943. The zero-order chi connectivity index (χ0) is 10.7. The first-order valence-corrected chi connectivity index (χ1v) is 5.39. The SMILES string of the molecule is CC1(NNCC(F)c2ccccc2)CC1. The molecule has 0 bridgehead atoms. The molecule has 0 heterocycles. The molecule has 1 aliphatic rings. The smallest absolute Gasteiger partial charge is 0.139 e. The molecule has 15 heavy (non-hydrogen) atoms. The Morgan fingerprint density at radius 3 is 2.60 bits per heavy atom. The molecule has 3 heteroatoms. The van der Waals surface area contributed by atoms with Gasteiger partial charge in [0.15, 0.2) is 0 Å². The van der Waals surface area contributed by atoms with E-state index in [1.54, 1.807) is 0 Å². The Morgan fingerprint density at radius 2 is 2.00 bits per heavy atom. The monoisotopic (exact) mass is 208 g/mol. The highest BCUT2D eigenvalue weighted by molar-refractivity contribution is 5.17. The van der Waals surface area contributed by atoms with E-state index in [9.17, 15) is 4.39 Å². The lowest BCUT2D eigenvalue weighted by atomic mass is 10.1. The summed E-state index contributed by atoms with van der Waals surface area (Å²) in [5.41, 5.74) is 7.04. The maximum Gasteiger partial charge on any atom is 0.139 e. The van der Waals surface area contributed by atoms with E-state index in [-0.39, 0.29) is 5.54 Å². The van der Waals surface area contributed by atoms with Crippen molar-refractivity contribution in [3.63, 3.8) is 0 Å². The number of benzene rings is 1. The minimum absolute atomic E-state index is 0.205. The Bertz CT molecular complexity index is 309. The molecule has 1 fully saturated rings. The Hall–Kier alpha value is -0.930. The van der Waals surface area contributed by atoms with E-state index in [2.05, 4.69) is 17.8 Å². The Morgan fingerprint density at radius 1 is 1.33 bits per heavy atom. The van der Waals surface area contributed by atoms with Gasteiger partial charge in [-0.2, -0.15) is 0 Å². The van der Waals surface area contributed by atoms with E-state index in [0.29, 0.717) is 6.54 Å². The molecule has 0 amide bonds. The number of hydrogen-bond acceptors (Lipinski definition) is 2. The fraction of sp³-hybridized carbons (Fsp3) is 0.500. The summed E-state index contributed by atoms with van der Waals surface area (Å²) in [5, 5.41) is 0. The molecule has 0 aromatic heterocycles. The second-order valence-corrected chi connectivity index (χ2v) is 4.44. The van der Waals surface area contributed by atoms with Gasteiger partial charge in [-0.1, -0.05) is 30.3 Å². The lowest BCUT2D eigenvalue weighted by Gasteiger charge is -2.15. The molecule has 0 spiro atoms. The average molecular weight is 208 g/mol. The van der Waals surface area contributed by atoms with Gasteiger partial charge in [0.25, 0.3) is 0 Å². The van der Waals surface area contributed by atoms with Gasteiger partial charge < -0.3 is 0 Å². The summed E-state index contributed by atoms with van der Waals surface area (Å²) in [7, 11) is 0. The number of hydrogen-bond donors (Lipinski definition) is 2. The zero-order valence-corrected chi connectivity index (χ0v) is 8.96. The van der Waals surface area contributed by atoms with E-state index in [1.807, 2.05) is 30.3 Å². The van der Waals surface area contributed by atoms with Gasteiger partial charge in [-0.25, -0.2) is 4.39 Å². The minimum Gasteiger partial charge on any atom is -0.254 e. The quantitative estimate of drug-likeness (QED) is 0.726. The third kappa shape index (κ3) is 3.01. The van der Waals surface area contributed by atoms with Crippen molar-refractivity contribution in [3.05, 3.63) is 35.9 Å². The summed E-state index contributed by atoms with van der Waals surface area (Å²) in [6, 6.07) is 9.23. The normalized spacial score (nSPS) is 19.9. The molecule has 1 saturated carbocycles. The molecule has 0 radical (unpaired) electrons. The molecule has 0 aliphatic heterocycles. The Balaban J connectivity index is 1.75. The van der Waals surface area contributed by atoms with Crippen molar-refractivity contribution in [2.75, 3.05) is 6.54 Å². The maximum atomic E-state index is 13.6. The van der Waals surface area contributed by atoms with Crippen LogP contribution in [-0.2, 0) is 0 Å². The van der Waals surface area contributed by atoms with Crippen LogP contribution in [0.3, 0.4) is 0 Å². The molecule has 1 aliphatic carbocycles. The topological polar surface area (TPSA) is 24.1 Å². The van der Waals surface area contributed by atoms with Gasteiger partial charge in [-0.15, -0.1) is 0 Å². The predicted molar refractivity (Wildman–Crippen MR) is 59.1 cm³/mol. The molecule has 2 rings (SSSR count). The standard InChI is InChI=1S/C12H17FN2/c1-12(7-8-12)15-14-9-11(13)10-5-3-2-4-6-10/h2-6,11,14-15H,7-9H2,1H3. The highest BCUT2D eigenvalue weighted by atomic mass is 19.1. The molecule has 82 valence electrons. The third-order valence-electron chi connectivity index (χ3n) is 2.83. The summed E-state index contributed by atoms with van der Waals surface area (Å²) in [6.07, 6.45) is 1.39. The van der Waals surface area contributed by atoms with Crippen LogP contribution in [0.25, 0.3) is 0 Å². The summed E-state index contributed by atoms with van der Waals surface area (Å²) < 4.78 is 13.6. The number of alkyl halides is 1. The summed E-state index contributed by atoms with van der Waals surface area (Å²) in [6.45, 7) is 2.45. The van der Waals surface area contributed by atoms with Crippen LogP contribution in [0.5, 0.6) is 0 Å². The van der Waals surface area contributed by atoms with Gasteiger partial charge in [0, 0.05) is 12.1 Å². The van der Waals surface area contributed by atoms with Crippen molar-refractivity contribution in [3.8, 4) is 0 Å². The van der Waals surface area contributed by atoms with Gasteiger partial charge in [0.05, 0.1) is 0 Å². The molecule has 1 atom stereocenters. The van der Waals surface area contributed by atoms with Crippen molar-refractivity contribution in [2.24, 2.45) is 0 Å². The highest BCUT2D eigenvalue weighted by Gasteiger charge is 2.36. The number of halogens is 1.